The molecule has 1 N–H and O–H groups in total. The van der Waals surface area contributed by atoms with Gasteiger partial charge in [0.2, 0.25) is 0 Å². The average Bonchev–Trinajstić information content (AvgIpc) is 2.71. The van der Waals surface area contributed by atoms with Crippen LogP contribution in [-0.4, -0.2) is 17.3 Å². The van der Waals surface area contributed by atoms with Gasteiger partial charge in [0.15, 0.2) is 0 Å². The fraction of sp³-hybridized carbons (Fsp3) is 0.667. The topological polar surface area (TPSA) is 29.5 Å². The predicted octanol–water partition coefficient (Wildman–Crippen LogP) is 2.97. The highest BCUT2D eigenvalue weighted by molar-refractivity contribution is 7.12. The van der Waals surface area contributed by atoms with Crippen LogP contribution < -0.4 is 0 Å². The van der Waals surface area contributed by atoms with Gasteiger partial charge in [-0.3, -0.25) is 0 Å². The SMILES string of the molecule is Cc1cc(C(O)C2CCC(C)O2)c(C)s1. The van der Waals surface area contributed by atoms with E-state index in [2.05, 4.69) is 26.8 Å². The molecule has 1 aromatic heterocycles. The van der Waals surface area contributed by atoms with E-state index in [1.807, 2.05) is 0 Å². The molecule has 1 fully saturated rings. The van der Waals surface area contributed by atoms with E-state index in [9.17, 15) is 5.11 Å². The van der Waals surface area contributed by atoms with E-state index in [0.29, 0.717) is 6.10 Å². The van der Waals surface area contributed by atoms with E-state index in [1.165, 1.54) is 9.75 Å². The van der Waals surface area contributed by atoms with Crippen molar-refractivity contribution in [3.8, 4) is 0 Å². The Morgan fingerprint density at radius 3 is 2.67 bits per heavy atom. The number of aliphatic hydroxyl groups is 1. The van der Waals surface area contributed by atoms with E-state index in [0.717, 1.165) is 18.4 Å². The quantitative estimate of drug-likeness (QED) is 0.840. The molecule has 0 aromatic carbocycles. The monoisotopic (exact) mass is 226 g/mol. The molecule has 3 unspecified atom stereocenters. The van der Waals surface area contributed by atoms with Crippen molar-refractivity contribution < 1.29 is 9.84 Å². The third-order valence-corrected chi connectivity index (χ3v) is 4.00. The van der Waals surface area contributed by atoms with Crippen molar-refractivity contribution in [2.75, 3.05) is 0 Å². The number of ether oxygens (including phenoxy) is 1. The second kappa shape index (κ2) is 4.24. The minimum absolute atomic E-state index is 0.00676. The van der Waals surface area contributed by atoms with Gasteiger partial charge in [-0.25, -0.2) is 0 Å². The summed E-state index contributed by atoms with van der Waals surface area (Å²) in [6, 6.07) is 2.08. The Morgan fingerprint density at radius 2 is 2.20 bits per heavy atom. The van der Waals surface area contributed by atoms with Gasteiger partial charge in [-0.1, -0.05) is 0 Å². The molecule has 84 valence electrons. The Kier molecular flexibility index (Phi) is 3.14. The first-order chi connectivity index (χ1) is 7.08. The average molecular weight is 226 g/mol. The van der Waals surface area contributed by atoms with E-state index in [-0.39, 0.29) is 6.10 Å². The van der Waals surface area contributed by atoms with E-state index >= 15 is 0 Å². The van der Waals surface area contributed by atoms with Gasteiger partial charge in [-0.2, -0.15) is 0 Å². The largest absolute Gasteiger partial charge is 0.386 e. The molecular weight excluding hydrogens is 208 g/mol. The van der Waals surface area contributed by atoms with Crippen LogP contribution in [0.15, 0.2) is 6.07 Å². The lowest BCUT2D eigenvalue weighted by Crippen LogP contribution is -2.18. The molecule has 0 aliphatic carbocycles. The van der Waals surface area contributed by atoms with E-state index in [4.69, 9.17) is 4.74 Å². The summed E-state index contributed by atoms with van der Waals surface area (Å²) in [6.07, 6.45) is 1.87. The maximum Gasteiger partial charge on any atom is 0.106 e. The van der Waals surface area contributed by atoms with Crippen molar-refractivity contribution in [2.24, 2.45) is 0 Å². The zero-order valence-electron chi connectivity index (χ0n) is 9.49. The Hall–Kier alpha value is -0.380. The van der Waals surface area contributed by atoms with Crippen LogP contribution in [0.5, 0.6) is 0 Å². The number of rotatable bonds is 2. The maximum absolute atomic E-state index is 10.2. The Bertz CT molecular complexity index is 345. The van der Waals surface area contributed by atoms with Gasteiger partial charge >= 0.3 is 0 Å². The van der Waals surface area contributed by atoms with Gasteiger partial charge in [-0.05, 0) is 45.2 Å². The summed E-state index contributed by atoms with van der Waals surface area (Å²) in [7, 11) is 0. The van der Waals surface area contributed by atoms with Crippen LogP contribution in [-0.2, 0) is 4.74 Å². The summed E-state index contributed by atoms with van der Waals surface area (Å²) in [5.41, 5.74) is 1.05. The molecule has 2 heterocycles. The molecule has 15 heavy (non-hydrogen) atoms. The molecule has 2 rings (SSSR count). The number of hydrogen-bond donors (Lipinski definition) is 1. The van der Waals surface area contributed by atoms with Crippen LogP contribution in [0.4, 0.5) is 0 Å². The first-order valence-electron chi connectivity index (χ1n) is 5.48. The summed E-state index contributed by atoms with van der Waals surface area (Å²) < 4.78 is 5.70. The summed E-state index contributed by atoms with van der Waals surface area (Å²) in [4.78, 5) is 2.47. The lowest BCUT2D eigenvalue weighted by molar-refractivity contribution is -0.0298. The number of aryl methyl sites for hydroxylation is 2. The van der Waals surface area contributed by atoms with Crippen molar-refractivity contribution in [1.82, 2.24) is 0 Å². The van der Waals surface area contributed by atoms with Crippen LogP contribution in [0.25, 0.3) is 0 Å². The lowest BCUT2D eigenvalue weighted by Gasteiger charge is -2.18. The zero-order valence-corrected chi connectivity index (χ0v) is 10.3. The molecule has 0 saturated carbocycles. The minimum atomic E-state index is -0.445. The van der Waals surface area contributed by atoms with Crippen molar-refractivity contribution in [1.29, 1.82) is 0 Å². The van der Waals surface area contributed by atoms with Gasteiger partial charge in [-0.15, -0.1) is 11.3 Å². The Morgan fingerprint density at radius 1 is 1.47 bits per heavy atom. The summed E-state index contributed by atoms with van der Waals surface area (Å²) in [6.45, 7) is 6.21. The minimum Gasteiger partial charge on any atom is -0.386 e. The Labute approximate surface area is 94.9 Å². The van der Waals surface area contributed by atoms with Gasteiger partial charge in [0.25, 0.3) is 0 Å². The van der Waals surface area contributed by atoms with Gasteiger partial charge in [0, 0.05) is 9.75 Å². The molecule has 3 atom stereocenters. The highest BCUT2D eigenvalue weighted by atomic mass is 32.1. The number of hydrogen-bond acceptors (Lipinski definition) is 3. The number of aliphatic hydroxyl groups excluding tert-OH is 1. The molecule has 0 bridgehead atoms. The molecule has 0 radical (unpaired) electrons. The molecule has 1 aliphatic rings. The van der Waals surface area contributed by atoms with Crippen LogP contribution in [0.3, 0.4) is 0 Å². The molecule has 1 aromatic rings. The van der Waals surface area contributed by atoms with Gasteiger partial charge in [0.05, 0.1) is 12.2 Å². The third kappa shape index (κ3) is 2.25. The van der Waals surface area contributed by atoms with E-state index in [1.54, 1.807) is 11.3 Å². The predicted molar refractivity (Wildman–Crippen MR) is 62.3 cm³/mol. The standard InChI is InChI=1S/C12H18O2S/c1-7-4-5-11(14-7)12(13)10-6-8(2)15-9(10)3/h6-7,11-13H,4-5H2,1-3H3. The lowest BCUT2D eigenvalue weighted by atomic mass is 10.0. The molecular formula is C12H18O2S. The van der Waals surface area contributed by atoms with E-state index < -0.39 is 6.10 Å². The molecule has 0 spiro atoms. The second-order valence-corrected chi connectivity index (χ2v) is 5.84. The first kappa shape index (κ1) is 11.1. The molecule has 2 nitrogen and oxygen atoms in total. The van der Waals surface area contributed by atoms with Crippen LogP contribution in [0.1, 0.15) is 41.2 Å². The maximum atomic E-state index is 10.2. The van der Waals surface area contributed by atoms with Crippen LogP contribution in [0, 0.1) is 13.8 Å². The molecule has 3 heteroatoms. The van der Waals surface area contributed by atoms with Crippen molar-refractivity contribution in [3.63, 3.8) is 0 Å². The molecule has 0 amide bonds. The summed E-state index contributed by atoms with van der Waals surface area (Å²) in [5.74, 6) is 0. The molecule has 1 aliphatic heterocycles. The highest BCUT2D eigenvalue weighted by Crippen LogP contribution is 2.34. The van der Waals surface area contributed by atoms with Crippen molar-refractivity contribution in [2.45, 2.75) is 51.9 Å². The van der Waals surface area contributed by atoms with Gasteiger partial charge in [0.1, 0.15) is 6.10 Å². The first-order valence-corrected chi connectivity index (χ1v) is 6.30. The van der Waals surface area contributed by atoms with Gasteiger partial charge < -0.3 is 9.84 Å². The smallest absolute Gasteiger partial charge is 0.106 e. The third-order valence-electron chi connectivity index (χ3n) is 3.01. The van der Waals surface area contributed by atoms with Crippen molar-refractivity contribution >= 4 is 11.3 Å². The second-order valence-electron chi connectivity index (χ2n) is 4.38. The van der Waals surface area contributed by atoms with Crippen LogP contribution in [0.2, 0.25) is 0 Å². The van der Waals surface area contributed by atoms with Crippen molar-refractivity contribution in [3.05, 3.63) is 21.4 Å². The highest BCUT2D eigenvalue weighted by Gasteiger charge is 2.30. The summed E-state index contributed by atoms with van der Waals surface area (Å²) in [5, 5.41) is 10.2. The Balaban J connectivity index is 2.13. The molecule has 1 saturated heterocycles. The normalized spacial score (nSPS) is 28.3. The fourth-order valence-electron chi connectivity index (χ4n) is 2.21. The number of thiophene rings is 1. The van der Waals surface area contributed by atoms with Crippen LogP contribution >= 0.6 is 11.3 Å². The fourth-order valence-corrected chi connectivity index (χ4v) is 3.18. The zero-order chi connectivity index (χ0) is 11.0. The summed E-state index contributed by atoms with van der Waals surface area (Å²) >= 11 is 1.74.